The summed E-state index contributed by atoms with van der Waals surface area (Å²) in [4.78, 5) is 26.5. The van der Waals surface area contributed by atoms with Gasteiger partial charge < -0.3 is 24.6 Å². The summed E-state index contributed by atoms with van der Waals surface area (Å²) in [5.74, 6) is 0.387. The molecule has 0 saturated carbocycles. The fraction of sp³-hybridized carbons (Fsp3) is 0.375. The molecular formula is C24H30FN5O3S2. The van der Waals surface area contributed by atoms with Crippen LogP contribution in [0, 0.1) is 5.82 Å². The fourth-order valence-corrected chi connectivity index (χ4v) is 4.62. The number of anilines is 1. The number of carbonyl (C=O) groups excluding carboxylic acids is 1. The molecule has 0 aliphatic carbocycles. The lowest BCUT2D eigenvalue weighted by atomic mass is 10.1. The molecule has 0 spiro atoms. The van der Waals surface area contributed by atoms with Gasteiger partial charge in [-0.05, 0) is 31.1 Å². The maximum atomic E-state index is 14.2. The summed E-state index contributed by atoms with van der Waals surface area (Å²) in [6, 6.07) is 8.67. The number of carbonyl (C=O) groups is 1. The molecule has 1 atom stereocenters. The molecule has 3 heterocycles. The van der Waals surface area contributed by atoms with Crippen LogP contribution in [-0.2, 0) is 6.54 Å². The second kappa shape index (κ2) is 12.2. The van der Waals surface area contributed by atoms with Crippen molar-refractivity contribution in [1.29, 1.82) is 0 Å². The monoisotopic (exact) mass is 519 g/mol. The van der Waals surface area contributed by atoms with Gasteiger partial charge in [-0.15, -0.1) is 11.3 Å². The number of nitrogens with one attached hydrogen (secondary N) is 1. The first kappa shape index (κ1) is 26.7. The van der Waals surface area contributed by atoms with Gasteiger partial charge in [-0.3, -0.25) is 4.79 Å². The van der Waals surface area contributed by atoms with Crippen molar-refractivity contribution in [3.63, 3.8) is 0 Å². The number of fused-ring (bicyclic) bond motifs is 1. The van der Waals surface area contributed by atoms with Gasteiger partial charge in [0.25, 0.3) is 5.91 Å². The lowest BCUT2D eigenvalue weighted by Crippen LogP contribution is -2.33. The average Bonchev–Trinajstić information content (AvgIpc) is 3.36. The Morgan fingerprint density at radius 1 is 1.29 bits per heavy atom. The van der Waals surface area contributed by atoms with Gasteiger partial charge in [0.15, 0.2) is 0 Å². The van der Waals surface area contributed by atoms with E-state index in [4.69, 9.17) is 9.47 Å². The number of amides is 1. The zero-order valence-corrected chi connectivity index (χ0v) is 21.8. The van der Waals surface area contributed by atoms with E-state index in [-0.39, 0.29) is 43.9 Å². The van der Waals surface area contributed by atoms with Crippen LogP contribution < -0.4 is 19.7 Å². The van der Waals surface area contributed by atoms with E-state index in [1.165, 1.54) is 25.4 Å². The standard InChI is InChI=1S/C24H28FN5O3S.H2S/c1-26-9-8-19(21-5-4-12-34-21)33-20-13-17(25)7-6-16(20)15-30-11-10-29(2)22-18(23(30)31)14-27-24(28-22)32-3;/h4-7,12-14,19,26H,8-11,15H2,1-3H3;1H2/t19-;/m0./s1. The molecule has 11 heteroatoms. The number of rotatable bonds is 9. The molecule has 3 aromatic rings. The molecule has 8 nitrogen and oxygen atoms in total. The van der Waals surface area contributed by atoms with Gasteiger partial charge in [0.1, 0.15) is 29.1 Å². The van der Waals surface area contributed by atoms with E-state index in [1.807, 2.05) is 36.5 Å². The highest BCUT2D eigenvalue weighted by Crippen LogP contribution is 2.32. The zero-order valence-electron chi connectivity index (χ0n) is 20.0. The third-order valence-electron chi connectivity index (χ3n) is 5.69. The van der Waals surface area contributed by atoms with Crippen LogP contribution in [0.4, 0.5) is 10.2 Å². The Morgan fingerprint density at radius 3 is 2.83 bits per heavy atom. The minimum Gasteiger partial charge on any atom is -0.484 e. The highest BCUT2D eigenvalue weighted by Gasteiger charge is 2.28. The van der Waals surface area contributed by atoms with Gasteiger partial charge in [-0.1, -0.05) is 12.1 Å². The topological polar surface area (TPSA) is 79.8 Å². The maximum Gasteiger partial charge on any atom is 0.318 e. The fourth-order valence-electron chi connectivity index (χ4n) is 3.83. The Balaban J connectivity index is 0.00000342. The first-order valence-corrected chi connectivity index (χ1v) is 11.9. The number of hydrogen-bond donors (Lipinski definition) is 1. The quantitative estimate of drug-likeness (QED) is 0.463. The molecule has 0 saturated heterocycles. The summed E-state index contributed by atoms with van der Waals surface area (Å²) in [5, 5.41) is 5.14. The van der Waals surface area contributed by atoms with Crippen LogP contribution in [0.2, 0.25) is 0 Å². The summed E-state index contributed by atoms with van der Waals surface area (Å²) in [5.41, 5.74) is 1.14. The van der Waals surface area contributed by atoms with Crippen LogP contribution >= 0.6 is 24.8 Å². The Morgan fingerprint density at radius 2 is 2.11 bits per heavy atom. The van der Waals surface area contributed by atoms with E-state index in [2.05, 4.69) is 15.3 Å². The number of likely N-dealkylation sites (N-methyl/N-ethyl adjacent to an activating group) is 1. The van der Waals surface area contributed by atoms with Crippen molar-refractivity contribution in [3.05, 3.63) is 63.7 Å². The van der Waals surface area contributed by atoms with E-state index in [0.29, 0.717) is 30.2 Å². The molecule has 35 heavy (non-hydrogen) atoms. The predicted molar refractivity (Wildman–Crippen MR) is 140 cm³/mol. The second-order valence-electron chi connectivity index (χ2n) is 8.01. The molecule has 0 radical (unpaired) electrons. The molecule has 0 bridgehead atoms. The van der Waals surface area contributed by atoms with E-state index >= 15 is 0 Å². The summed E-state index contributed by atoms with van der Waals surface area (Å²) < 4.78 is 25.7. The highest BCUT2D eigenvalue weighted by atomic mass is 32.1. The van der Waals surface area contributed by atoms with Gasteiger partial charge in [-0.2, -0.15) is 18.5 Å². The van der Waals surface area contributed by atoms with Crippen LogP contribution in [0.5, 0.6) is 11.8 Å². The first-order chi connectivity index (χ1) is 16.5. The van der Waals surface area contributed by atoms with E-state index < -0.39 is 0 Å². The number of methoxy groups -OCH3 is 1. The number of thiophene rings is 1. The number of halogens is 1. The zero-order chi connectivity index (χ0) is 24.1. The maximum absolute atomic E-state index is 14.2. The van der Waals surface area contributed by atoms with E-state index in [9.17, 15) is 9.18 Å². The third-order valence-corrected chi connectivity index (χ3v) is 6.65. The van der Waals surface area contributed by atoms with Gasteiger partial charge in [0.05, 0.1) is 7.11 Å². The summed E-state index contributed by atoms with van der Waals surface area (Å²) in [7, 11) is 5.25. The Kier molecular flexibility index (Phi) is 9.30. The number of hydrogen-bond acceptors (Lipinski definition) is 8. The van der Waals surface area contributed by atoms with Crippen molar-refractivity contribution in [1.82, 2.24) is 20.2 Å². The Labute approximate surface area is 215 Å². The molecule has 1 aliphatic rings. The van der Waals surface area contributed by atoms with E-state index in [0.717, 1.165) is 23.4 Å². The van der Waals surface area contributed by atoms with Gasteiger partial charge in [0.2, 0.25) is 0 Å². The smallest absolute Gasteiger partial charge is 0.318 e. The summed E-state index contributed by atoms with van der Waals surface area (Å²) in [6.45, 7) is 2.08. The molecule has 0 unspecified atom stereocenters. The van der Waals surface area contributed by atoms with Gasteiger partial charge in [-0.25, -0.2) is 9.37 Å². The number of aromatic nitrogens is 2. The lowest BCUT2D eigenvalue weighted by Gasteiger charge is -2.24. The molecule has 1 N–H and O–H groups in total. The van der Waals surface area contributed by atoms with Crippen molar-refractivity contribution in [2.45, 2.75) is 19.1 Å². The minimum atomic E-state index is -0.384. The van der Waals surface area contributed by atoms with Crippen molar-refractivity contribution in [3.8, 4) is 11.8 Å². The van der Waals surface area contributed by atoms with Crippen LogP contribution in [0.3, 0.4) is 0 Å². The van der Waals surface area contributed by atoms with Crippen LogP contribution in [0.1, 0.15) is 33.3 Å². The first-order valence-electron chi connectivity index (χ1n) is 11.0. The normalized spacial score (nSPS) is 14.1. The molecule has 1 aliphatic heterocycles. The lowest BCUT2D eigenvalue weighted by molar-refractivity contribution is 0.0751. The molecule has 1 aromatic carbocycles. The van der Waals surface area contributed by atoms with Crippen LogP contribution in [-0.4, -0.2) is 61.6 Å². The summed E-state index contributed by atoms with van der Waals surface area (Å²) in [6.07, 6.45) is 2.00. The predicted octanol–water partition coefficient (Wildman–Crippen LogP) is 3.62. The Hall–Kier alpha value is -2.89. The highest BCUT2D eigenvalue weighted by molar-refractivity contribution is 7.59. The summed E-state index contributed by atoms with van der Waals surface area (Å²) >= 11 is 1.60. The number of benzene rings is 1. The Bertz CT molecular complexity index is 1130. The SMILES string of the molecule is CNCC[C@H](Oc1cc(F)ccc1CN1CCN(C)c2nc(OC)ncc2C1=O)c1cccs1.S. The van der Waals surface area contributed by atoms with Crippen LogP contribution in [0.25, 0.3) is 0 Å². The molecular weight excluding hydrogens is 489 g/mol. The minimum absolute atomic E-state index is 0. The molecule has 2 aromatic heterocycles. The largest absolute Gasteiger partial charge is 0.484 e. The number of nitrogens with zero attached hydrogens (tertiary/aromatic N) is 4. The van der Waals surface area contributed by atoms with Gasteiger partial charge in [0, 0.05) is 55.8 Å². The third kappa shape index (κ3) is 6.22. The molecule has 0 fully saturated rings. The van der Waals surface area contributed by atoms with Crippen molar-refractivity contribution >= 4 is 36.6 Å². The second-order valence-corrected chi connectivity index (χ2v) is 8.99. The molecule has 1 amide bonds. The van der Waals surface area contributed by atoms with Gasteiger partial charge >= 0.3 is 6.01 Å². The molecule has 188 valence electrons. The van der Waals surface area contributed by atoms with Crippen LogP contribution in [0.15, 0.2) is 41.9 Å². The average molecular weight is 520 g/mol. The van der Waals surface area contributed by atoms with Crippen molar-refractivity contribution in [2.75, 3.05) is 45.7 Å². The van der Waals surface area contributed by atoms with Crippen molar-refractivity contribution in [2.24, 2.45) is 0 Å². The molecule has 4 rings (SSSR count). The van der Waals surface area contributed by atoms with E-state index in [1.54, 1.807) is 22.3 Å². The number of ether oxygens (including phenoxy) is 2. The van der Waals surface area contributed by atoms with Crippen molar-refractivity contribution < 1.29 is 18.7 Å².